The molecule has 2 rings (SSSR count). The fourth-order valence-corrected chi connectivity index (χ4v) is 3.62. The second kappa shape index (κ2) is 14.7. The standard InChI is InChI=1S/C27H38O3/c1-3-5-8-15-24-19-25(16-9-6-4-2)21-26(20-24)17-12-18-29-27(28)30-22-23-13-10-7-11-14-23/h7,10-11,13-14,19-21H,3-6,8-9,12,15-18,22H2,1-2H3. The Kier molecular flexibility index (Phi) is 11.7. The van der Waals surface area contributed by atoms with E-state index < -0.39 is 6.16 Å². The van der Waals surface area contributed by atoms with Gasteiger partial charge in [0.25, 0.3) is 0 Å². The summed E-state index contributed by atoms with van der Waals surface area (Å²) in [4.78, 5) is 11.8. The number of hydrogen-bond acceptors (Lipinski definition) is 3. The Morgan fingerprint density at radius 1 is 0.667 bits per heavy atom. The number of ether oxygens (including phenoxy) is 2. The van der Waals surface area contributed by atoms with Gasteiger partial charge >= 0.3 is 6.16 Å². The van der Waals surface area contributed by atoms with Gasteiger partial charge in [0.2, 0.25) is 0 Å². The summed E-state index contributed by atoms with van der Waals surface area (Å²) in [6.07, 6.45) is 11.0. The Bertz CT molecular complexity index is 696. The topological polar surface area (TPSA) is 35.5 Å². The molecule has 3 heteroatoms. The zero-order valence-electron chi connectivity index (χ0n) is 18.8. The van der Waals surface area contributed by atoms with E-state index in [0.29, 0.717) is 6.61 Å². The maximum absolute atomic E-state index is 11.8. The Hall–Kier alpha value is -2.29. The minimum atomic E-state index is -0.590. The van der Waals surface area contributed by atoms with E-state index in [2.05, 4.69) is 32.0 Å². The SMILES string of the molecule is CCCCCc1cc(CCCCC)cc(CCCOC(=O)OCc2ccccc2)c1. The Labute approximate surface area is 182 Å². The molecule has 2 aromatic rings. The molecule has 0 N–H and O–H groups in total. The Balaban J connectivity index is 1.78. The van der Waals surface area contributed by atoms with Gasteiger partial charge in [0, 0.05) is 0 Å². The Morgan fingerprint density at radius 2 is 1.20 bits per heavy atom. The Morgan fingerprint density at radius 3 is 1.73 bits per heavy atom. The van der Waals surface area contributed by atoms with Crippen molar-refractivity contribution in [2.75, 3.05) is 6.61 Å². The molecule has 0 spiro atoms. The summed E-state index contributed by atoms with van der Waals surface area (Å²) in [5.41, 5.74) is 5.23. The second-order valence-corrected chi connectivity index (χ2v) is 8.05. The zero-order chi connectivity index (χ0) is 21.4. The molecule has 0 saturated heterocycles. The summed E-state index contributed by atoms with van der Waals surface area (Å²) in [5, 5.41) is 0. The van der Waals surface area contributed by atoms with Crippen molar-refractivity contribution in [3.05, 3.63) is 70.8 Å². The highest BCUT2D eigenvalue weighted by Gasteiger charge is 2.06. The molecule has 0 bridgehead atoms. The van der Waals surface area contributed by atoms with Gasteiger partial charge in [0.15, 0.2) is 0 Å². The van der Waals surface area contributed by atoms with Crippen LogP contribution < -0.4 is 0 Å². The molecular weight excluding hydrogens is 372 g/mol. The highest BCUT2D eigenvalue weighted by Crippen LogP contribution is 2.17. The molecule has 0 aliphatic rings. The molecule has 0 amide bonds. The van der Waals surface area contributed by atoms with Crippen molar-refractivity contribution >= 4 is 6.16 Å². The third kappa shape index (κ3) is 9.96. The van der Waals surface area contributed by atoms with E-state index >= 15 is 0 Å². The van der Waals surface area contributed by atoms with Crippen molar-refractivity contribution in [2.45, 2.75) is 84.7 Å². The molecule has 0 aromatic heterocycles. The van der Waals surface area contributed by atoms with Gasteiger partial charge < -0.3 is 9.47 Å². The van der Waals surface area contributed by atoms with Crippen LogP contribution in [0.4, 0.5) is 4.79 Å². The van der Waals surface area contributed by atoms with Crippen LogP contribution in [-0.2, 0) is 35.3 Å². The van der Waals surface area contributed by atoms with E-state index in [1.807, 2.05) is 30.3 Å². The first-order valence-corrected chi connectivity index (χ1v) is 11.7. The lowest BCUT2D eigenvalue weighted by atomic mass is 9.96. The van der Waals surface area contributed by atoms with Crippen LogP contribution in [-0.4, -0.2) is 12.8 Å². The number of carbonyl (C=O) groups excluding carboxylic acids is 1. The van der Waals surface area contributed by atoms with Crippen molar-refractivity contribution < 1.29 is 14.3 Å². The van der Waals surface area contributed by atoms with Crippen LogP contribution in [0.5, 0.6) is 0 Å². The van der Waals surface area contributed by atoms with Gasteiger partial charge in [-0.25, -0.2) is 4.79 Å². The van der Waals surface area contributed by atoms with E-state index in [9.17, 15) is 4.79 Å². The second-order valence-electron chi connectivity index (χ2n) is 8.05. The molecule has 30 heavy (non-hydrogen) atoms. The number of aryl methyl sites for hydroxylation is 3. The van der Waals surface area contributed by atoms with Crippen molar-refractivity contribution in [2.24, 2.45) is 0 Å². The van der Waals surface area contributed by atoms with Crippen LogP contribution in [0, 0.1) is 0 Å². The minimum Gasteiger partial charge on any atom is -0.434 e. The van der Waals surface area contributed by atoms with Crippen LogP contribution in [0.3, 0.4) is 0 Å². The lowest BCUT2D eigenvalue weighted by Gasteiger charge is -2.11. The van der Waals surface area contributed by atoms with Crippen molar-refractivity contribution in [1.29, 1.82) is 0 Å². The lowest BCUT2D eigenvalue weighted by molar-refractivity contribution is 0.0492. The molecule has 3 nitrogen and oxygen atoms in total. The van der Waals surface area contributed by atoms with Gasteiger partial charge in [0.05, 0.1) is 6.61 Å². The number of benzene rings is 2. The molecule has 164 valence electrons. The molecule has 0 fully saturated rings. The largest absolute Gasteiger partial charge is 0.508 e. The normalized spacial score (nSPS) is 10.7. The molecule has 2 aromatic carbocycles. The molecule has 0 heterocycles. The summed E-state index contributed by atoms with van der Waals surface area (Å²) in [6.45, 7) is 5.13. The predicted octanol–water partition coefficient (Wildman–Crippen LogP) is 7.44. The van der Waals surface area contributed by atoms with Crippen molar-refractivity contribution in [3.8, 4) is 0 Å². The first-order chi connectivity index (χ1) is 14.7. The van der Waals surface area contributed by atoms with Crippen molar-refractivity contribution in [3.63, 3.8) is 0 Å². The maximum Gasteiger partial charge on any atom is 0.508 e. The van der Waals surface area contributed by atoms with Crippen molar-refractivity contribution in [1.82, 2.24) is 0 Å². The predicted molar refractivity (Wildman–Crippen MR) is 124 cm³/mol. The molecule has 0 radical (unpaired) electrons. The smallest absolute Gasteiger partial charge is 0.434 e. The highest BCUT2D eigenvalue weighted by molar-refractivity contribution is 5.59. The van der Waals surface area contributed by atoms with E-state index in [4.69, 9.17) is 9.47 Å². The average molecular weight is 411 g/mol. The fraction of sp³-hybridized carbons (Fsp3) is 0.519. The van der Waals surface area contributed by atoms with E-state index in [0.717, 1.165) is 31.2 Å². The number of unbranched alkanes of at least 4 members (excludes halogenated alkanes) is 4. The van der Waals surface area contributed by atoms with Gasteiger partial charge in [-0.05, 0) is 60.8 Å². The van der Waals surface area contributed by atoms with Gasteiger partial charge in [-0.2, -0.15) is 0 Å². The van der Waals surface area contributed by atoms with Gasteiger partial charge in [-0.1, -0.05) is 88.1 Å². The number of carbonyl (C=O) groups is 1. The van der Waals surface area contributed by atoms with Crippen LogP contribution in [0.25, 0.3) is 0 Å². The average Bonchev–Trinajstić information content (AvgIpc) is 2.76. The first-order valence-electron chi connectivity index (χ1n) is 11.7. The molecule has 0 unspecified atom stereocenters. The molecule has 0 aliphatic carbocycles. The molecule has 0 saturated carbocycles. The summed E-state index contributed by atoms with van der Waals surface area (Å²) < 4.78 is 10.4. The first kappa shape index (κ1) is 24.0. The summed E-state index contributed by atoms with van der Waals surface area (Å²) >= 11 is 0. The van der Waals surface area contributed by atoms with Crippen LogP contribution in [0.15, 0.2) is 48.5 Å². The monoisotopic (exact) mass is 410 g/mol. The van der Waals surface area contributed by atoms with E-state index in [-0.39, 0.29) is 6.61 Å². The molecular formula is C27H38O3. The van der Waals surface area contributed by atoms with E-state index in [1.165, 1.54) is 55.2 Å². The minimum absolute atomic E-state index is 0.251. The maximum atomic E-state index is 11.8. The summed E-state index contributed by atoms with van der Waals surface area (Å²) in [5.74, 6) is 0. The number of hydrogen-bond donors (Lipinski definition) is 0. The summed E-state index contributed by atoms with van der Waals surface area (Å²) in [7, 11) is 0. The van der Waals surface area contributed by atoms with Crippen LogP contribution >= 0.6 is 0 Å². The molecule has 0 aliphatic heterocycles. The van der Waals surface area contributed by atoms with E-state index in [1.54, 1.807) is 0 Å². The lowest BCUT2D eigenvalue weighted by Crippen LogP contribution is -2.09. The zero-order valence-corrected chi connectivity index (χ0v) is 18.8. The van der Waals surface area contributed by atoms with Gasteiger partial charge in [-0.3, -0.25) is 0 Å². The van der Waals surface area contributed by atoms with Crippen LogP contribution in [0.1, 0.15) is 81.0 Å². The quantitative estimate of drug-likeness (QED) is 0.240. The van der Waals surface area contributed by atoms with Gasteiger partial charge in [-0.15, -0.1) is 0 Å². The summed E-state index contributed by atoms with van der Waals surface area (Å²) in [6, 6.07) is 16.7. The molecule has 0 atom stereocenters. The number of rotatable bonds is 14. The third-order valence-corrected chi connectivity index (χ3v) is 5.28. The third-order valence-electron chi connectivity index (χ3n) is 5.28. The van der Waals surface area contributed by atoms with Crippen LogP contribution in [0.2, 0.25) is 0 Å². The van der Waals surface area contributed by atoms with Gasteiger partial charge in [0.1, 0.15) is 6.61 Å². The highest BCUT2D eigenvalue weighted by atomic mass is 16.7. The fourth-order valence-electron chi connectivity index (χ4n) is 3.62.